The standard InChI is InChI=1S/C13H11FN4/c14-11-5-1-3-9(7-11)12-16-13-10(8-15)4-2-6-18(13)17-12/h1-7H,8,15H2. The van der Waals surface area contributed by atoms with E-state index in [-0.39, 0.29) is 5.82 Å². The van der Waals surface area contributed by atoms with Gasteiger partial charge in [-0.15, -0.1) is 5.10 Å². The molecular formula is C13H11FN4. The van der Waals surface area contributed by atoms with Gasteiger partial charge in [-0.25, -0.2) is 13.9 Å². The molecule has 4 nitrogen and oxygen atoms in total. The maximum atomic E-state index is 13.2. The molecule has 0 saturated carbocycles. The summed E-state index contributed by atoms with van der Waals surface area (Å²) >= 11 is 0. The van der Waals surface area contributed by atoms with E-state index in [4.69, 9.17) is 5.73 Å². The zero-order valence-electron chi connectivity index (χ0n) is 9.55. The highest BCUT2D eigenvalue weighted by molar-refractivity contribution is 5.59. The van der Waals surface area contributed by atoms with Gasteiger partial charge in [0, 0.05) is 23.9 Å². The van der Waals surface area contributed by atoms with E-state index in [0.717, 1.165) is 5.56 Å². The van der Waals surface area contributed by atoms with Crippen LogP contribution in [0.5, 0.6) is 0 Å². The Kier molecular flexibility index (Phi) is 2.53. The Morgan fingerprint density at radius 2 is 2.11 bits per heavy atom. The third-order valence-electron chi connectivity index (χ3n) is 2.75. The first-order chi connectivity index (χ1) is 8.78. The van der Waals surface area contributed by atoms with E-state index in [0.29, 0.717) is 23.6 Å². The van der Waals surface area contributed by atoms with Crippen LogP contribution in [-0.2, 0) is 6.54 Å². The molecule has 0 amide bonds. The summed E-state index contributed by atoms with van der Waals surface area (Å²) < 4.78 is 14.8. The topological polar surface area (TPSA) is 56.2 Å². The van der Waals surface area contributed by atoms with Crippen molar-refractivity contribution in [3.8, 4) is 11.4 Å². The summed E-state index contributed by atoms with van der Waals surface area (Å²) in [6.45, 7) is 0.394. The van der Waals surface area contributed by atoms with Crippen LogP contribution in [-0.4, -0.2) is 14.6 Å². The number of fused-ring (bicyclic) bond motifs is 1. The van der Waals surface area contributed by atoms with Crippen LogP contribution in [0.2, 0.25) is 0 Å². The molecule has 0 fully saturated rings. The predicted octanol–water partition coefficient (Wildman–Crippen LogP) is 1.99. The maximum absolute atomic E-state index is 13.2. The molecule has 3 rings (SSSR count). The Hall–Kier alpha value is -2.27. The second kappa shape index (κ2) is 4.19. The molecule has 0 spiro atoms. The minimum absolute atomic E-state index is 0.301. The molecule has 90 valence electrons. The summed E-state index contributed by atoms with van der Waals surface area (Å²) in [4.78, 5) is 4.40. The molecular weight excluding hydrogens is 231 g/mol. The quantitative estimate of drug-likeness (QED) is 0.747. The lowest BCUT2D eigenvalue weighted by atomic mass is 10.2. The third-order valence-corrected chi connectivity index (χ3v) is 2.75. The summed E-state index contributed by atoms with van der Waals surface area (Å²) in [6.07, 6.45) is 1.80. The van der Waals surface area contributed by atoms with Crippen molar-refractivity contribution in [3.05, 3.63) is 54.0 Å². The molecule has 5 heteroatoms. The van der Waals surface area contributed by atoms with E-state index in [1.165, 1.54) is 12.1 Å². The van der Waals surface area contributed by atoms with Gasteiger partial charge in [0.05, 0.1) is 0 Å². The lowest BCUT2D eigenvalue weighted by Gasteiger charge is -1.96. The van der Waals surface area contributed by atoms with Crippen molar-refractivity contribution in [1.29, 1.82) is 0 Å². The zero-order chi connectivity index (χ0) is 12.5. The molecule has 0 unspecified atom stereocenters. The van der Waals surface area contributed by atoms with Crippen molar-refractivity contribution < 1.29 is 4.39 Å². The Balaban J connectivity index is 2.19. The number of benzene rings is 1. The Labute approximate surface area is 103 Å². The molecule has 0 saturated heterocycles. The largest absolute Gasteiger partial charge is 0.326 e. The molecule has 0 aliphatic carbocycles. The molecule has 0 bridgehead atoms. The number of halogens is 1. The second-order valence-corrected chi connectivity index (χ2v) is 3.95. The van der Waals surface area contributed by atoms with Crippen LogP contribution in [0.15, 0.2) is 42.6 Å². The van der Waals surface area contributed by atoms with Crippen molar-refractivity contribution >= 4 is 5.65 Å². The average Bonchev–Trinajstić information content (AvgIpc) is 2.82. The average molecular weight is 242 g/mol. The van der Waals surface area contributed by atoms with Gasteiger partial charge in [0.25, 0.3) is 0 Å². The number of rotatable bonds is 2. The van der Waals surface area contributed by atoms with Gasteiger partial charge in [0.15, 0.2) is 11.5 Å². The first-order valence-electron chi connectivity index (χ1n) is 5.58. The summed E-state index contributed by atoms with van der Waals surface area (Å²) in [6, 6.07) is 9.99. The normalized spacial score (nSPS) is 11.0. The second-order valence-electron chi connectivity index (χ2n) is 3.95. The van der Waals surface area contributed by atoms with Crippen LogP contribution < -0.4 is 5.73 Å². The highest BCUT2D eigenvalue weighted by atomic mass is 19.1. The number of hydrogen-bond acceptors (Lipinski definition) is 3. The molecule has 0 radical (unpaired) electrons. The third kappa shape index (κ3) is 1.74. The Bertz CT molecular complexity index is 705. The number of nitrogens with two attached hydrogens (primary N) is 1. The highest BCUT2D eigenvalue weighted by Crippen LogP contribution is 2.18. The van der Waals surface area contributed by atoms with Gasteiger partial charge in [-0.05, 0) is 18.2 Å². The predicted molar refractivity (Wildman–Crippen MR) is 66.3 cm³/mol. The molecule has 18 heavy (non-hydrogen) atoms. The minimum atomic E-state index is -0.301. The number of nitrogens with zero attached hydrogens (tertiary/aromatic N) is 3. The van der Waals surface area contributed by atoms with Crippen LogP contribution >= 0.6 is 0 Å². The van der Waals surface area contributed by atoms with Gasteiger partial charge in [0.1, 0.15) is 5.82 Å². The van der Waals surface area contributed by atoms with Gasteiger partial charge in [-0.1, -0.05) is 18.2 Å². The number of pyridine rings is 1. The summed E-state index contributed by atoms with van der Waals surface area (Å²) in [5.41, 5.74) is 7.92. The maximum Gasteiger partial charge on any atom is 0.182 e. The molecule has 0 aliphatic rings. The van der Waals surface area contributed by atoms with Crippen LogP contribution in [0.1, 0.15) is 5.56 Å². The first kappa shape index (κ1) is 10.9. The van der Waals surface area contributed by atoms with Crippen LogP contribution in [0.3, 0.4) is 0 Å². The van der Waals surface area contributed by atoms with E-state index in [1.54, 1.807) is 22.8 Å². The van der Waals surface area contributed by atoms with Crippen molar-refractivity contribution in [2.45, 2.75) is 6.54 Å². The fourth-order valence-electron chi connectivity index (χ4n) is 1.87. The summed E-state index contributed by atoms with van der Waals surface area (Å²) in [7, 11) is 0. The molecule has 3 aromatic rings. The fraction of sp³-hybridized carbons (Fsp3) is 0.0769. The van der Waals surface area contributed by atoms with Crippen molar-refractivity contribution in [2.24, 2.45) is 5.73 Å². The van der Waals surface area contributed by atoms with Gasteiger partial charge >= 0.3 is 0 Å². The minimum Gasteiger partial charge on any atom is -0.326 e. The van der Waals surface area contributed by atoms with E-state index in [1.807, 2.05) is 12.1 Å². The van der Waals surface area contributed by atoms with Crippen LogP contribution in [0.4, 0.5) is 4.39 Å². The van der Waals surface area contributed by atoms with Crippen molar-refractivity contribution in [3.63, 3.8) is 0 Å². The lowest BCUT2D eigenvalue weighted by molar-refractivity contribution is 0.628. The Morgan fingerprint density at radius 1 is 1.22 bits per heavy atom. The molecule has 2 N–H and O–H groups in total. The lowest BCUT2D eigenvalue weighted by Crippen LogP contribution is -1.99. The summed E-state index contributed by atoms with van der Waals surface area (Å²) in [5.74, 6) is 0.195. The van der Waals surface area contributed by atoms with Crippen molar-refractivity contribution in [1.82, 2.24) is 14.6 Å². The van der Waals surface area contributed by atoms with Gasteiger partial charge in [0.2, 0.25) is 0 Å². The number of hydrogen-bond donors (Lipinski definition) is 1. The monoisotopic (exact) mass is 242 g/mol. The number of aromatic nitrogens is 3. The molecule has 2 heterocycles. The fourth-order valence-corrected chi connectivity index (χ4v) is 1.87. The zero-order valence-corrected chi connectivity index (χ0v) is 9.55. The van der Waals surface area contributed by atoms with Crippen LogP contribution in [0.25, 0.3) is 17.0 Å². The highest BCUT2D eigenvalue weighted by Gasteiger charge is 2.09. The van der Waals surface area contributed by atoms with E-state index in [9.17, 15) is 4.39 Å². The molecule has 0 aliphatic heterocycles. The molecule has 1 aromatic carbocycles. The van der Waals surface area contributed by atoms with Crippen LogP contribution in [0, 0.1) is 5.82 Å². The SMILES string of the molecule is NCc1cccn2nc(-c3cccc(F)c3)nc12. The molecule has 2 aromatic heterocycles. The van der Waals surface area contributed by atoms with E-state index in [2.05, 4.69) is 10.1 Å². The van der Waals surface area contributed by atoms with Crippen molar-refractivity contribution in [2.75, 3.05) is 0 Å². The van der Waals surface area contributed by atoms with E-state index < -0.39 is 0 Å². The van der Waals surface area contributed by atoms with Gasteiger partial charge in [-0.2, -0.15) is 0 Å². The first-order valence-corrected chi connectivity index (χ1v) is 5.58. The van der Waals surface area contributed by atoms with Gasteiger partial charge in [-0.3, -0.25) is 0 Å². The van der Waals surface area contributed by atoms with E-state index >= 15 is 0 Å². The smallest absolute Gasteiger partial charge is 0.182 e. The van der Waals surface area contributed by atoms with Gasteiger partial charge < -0.3 is 5.73 Å². The summed E-state index contributed by atoms with van der Waals surface area (Å²) in [5, 5.41) is 4.32. The molecule has 0 atom stereocenters. The Morgan fingerprint density at radius 3 is 2.89 bits per heavy atom.